The number of ether oxygens (including phenoxy) is 1. The number of carbonyl (C=O) groups is 1. The van der Waals surface area contributed by atoms with Crippen LogP contribution in [0.5, 0.6) is 0 Å². The lowest BCUT2D eigenvalue weighted by Crippen LogP contribution is -1.97. The first-order chi connectivity index (χ1) is 7.63. The van der Waals surface area contributed by atoms with E-state index in [1.165, 1.54) is 12.7 Å². The largest absolute Gasteiger partial charge is 0.468 e. The van der Waals surface area contributed by atoms with E-state index in [4.69, 9.17) is 0 Å². The summed E-state index contributed by atoms with van der Waals surface area (Å²) in [6.07, 6.45) is 0.141. The second-order valence-electron chi connectivity index (χ2n) is 3.83. The summed E-state index contributed by atoms with van der Waals surface area (Å²) in [5.74, 6) is 5.93. The zero-order chi connectivity index (χ0) is 12.0. The maximum Gasteiger partial charge on any atom is 0.317 e. The summed E-state index contributed by atoms with van der Waals surface area (Å²) < 4.78 is 4.50. The van der Waals surface area contributed by atoms with Gasteiger partial charge in [-0.05, 0) is 23.6 Å². The lowest BCUT2D eigenvalue weighted by atomic mass is 10.0. The van der Waals surface area contributed by atoms with Crippen LogP contribution in [-0.2, 0) is 9.53 Å². The molecule has 0 heterocycles. The average molecular weight is 216 g/mol. The van der Waals surface area contributed by atoms with Crippen LogP contribution in [0.1, 0.15) is 37.3 Å². The summed E-state index contributed by atoms with van der Waals surface area (Å²) in [4.78, 5) is 10.8. The Bertz CT molecular complexity index is 405. The molecule has 0 unspecified atom stereocenters. The summed E-state index contributed by atoms with van der Waals surface area (Å²) in [5.41, 5.74) is 2.21. The molecule has 2 heteroatoms. The predicted octanol–water partition coefficient (Wildman–Crippen LogP) is 2.72. The van der Waals surface area contributed by atoms with Gasteiger partial charge in [0, 0.05) is 5.56 Å². The molecule has 0 fully saturated rings. The van der Waals surface area contributed by atoms with Crippen LogP contribution < -0.4 is 0 Å². The Kier molecular flexibility index (Phi) is 4.60. The van der Waals surface area contributed by atoms with E-state index < -0.39 is 0 Å². The topological polar surface area (TPSA) is 26.3 Å². The molecule has 0 saturated heterocycles. The Hall–Kier alpha value is -1.75. The molecule has 0 aliphatic carbocycles. The van der Waals surface area contributed by atoms with Gasteiger partial charge in [-0.3, -0.25) is 4.79 Å². The Morgan fingerprint density at radius 3 is 2.44 bits per heavy atom. The van der Waals surface area contributed by atoms with Gasteiger partial charge in [0.05, 0.1) is 7.11 Å². The van der Waals surface area contributed by atoms with Gasteiger partial charge in [0.15, 0.2) is 0 Å². The monoisotopic (exact) mass is 216 g/mol. The third-order valence-corrected chi connectivity index (χ3v) is 2.27. The van der Waals surface area contributed by atoms with Crippen LogP contribution in [0.15, 0.2) is 24.3 Å². The first-order valence-corrected chi connectivity index (χ1v) is 5.29. The molecule has 84 valence electrons. The molecule has 2 nitrogen and oxygen atoms in total. The van der Waals surface area contributed by atoms with E-state index in [0.717, 1.165) is 5.56 Å². The van der Waals surface area contributed by atoms with E-state index in [2.05, 4.69) is 42.6 Å². The molecule has 0 atom stereocenters. The third kappa shape index (κ3) is 3.78. The van der Waals surface area contributed by atoms with Gasteiger partial charge in [-0.1, -0.05) is 37.8 Å². The van der Waals surface area contributed by atoms with Gasteiger partial charge in [0.2, 0.25) is 0 Å². The highest BCUT2D eigenvalue weighted by atomic mass is 16.5. The molecule has 1 aromatic rings. The maximum atomic E-state index is 10.8. The number of benzene rings is 1. The molecule has 0 N–H and O–H groups in total. The van der Waals surface area contributed by atoms with Gasteiger partial charge >= 0.3 is 5.97 Å². The van der Waals surface area contributed by atoms with Crippen molar-refractivity contribution in [1.82, 2.24) is 0 Å². The molecular formula is C14H16O2. The molecule has 0 aliphatic heterocycles. The lowest BCUT2D eigenvalue weighted by Gasteiger charge is -2.03. The van der Waals surface area contributed by atoms with Gasteiger partial charge in [0.25, 0.3) is 0 Å². The van der Waals surface area contributed by atoms with Crippen LogP contribution in [0.25, 0.3) is 0 Å². The Morgan fingerprint density at radius 2 is 1.94 bits per heavy atom. The molecule has 16 heavy (non-hydrogen) atoms. The normalized spacial score (nSPS) is 9.50. The van der Waals surface area contributed by atoms with Crippen molar-refractivity contribution in [3.63, 3.8) is 0 Å². The van der Waals surface area contributed by atoms with Crippen LogP contribution in [0.3, 0.4) is 0 Å². The van der Waals surface area contributed by atoms with Crippen molar-refractivity contribution in [2.45, 2.75) is 26.2 Å². The third-order valence-electron chi connectivity index (χ3n) is 2.27. The Morgan fingerprint density at radius 1 is 1.31 bits per heavy atom. The number of methoxy groups -OCH3 is 1. The molecule has 1 rings (SSSR count). The van der Waals surface area contributed by atoms with E-state index in [9.17, 15) is 4.79 Å². The van der Waals surface area contributed by atoms with Crippen molar-refractivity contribution in [3.05, 3.63) is 35.4 Å². The second-order valence-corrected chi connectivity index (χ2v) is 3.83. The fourth-order valence-electron chi connectivity index (χ4n) is 1.24. The van der Waals surface area contributed by atoms with E-state index >= 15 is 0 Å². The van der Waals surface area contributed by atoms with Crippen molar-refractivity contribution in [2.24, 2.45) is 0 Å². The van der Waals surface area contributed by atoms with Gasteiger partial charge in [-0.15, -0.1) is 0 Å². The molecule has 0 spiro atoms. The minimum atomic E-state index is -0.300. The van der Waals surface area contributed by atoms with Gasteiger partial charge in [-0.25, -0.2) is 0 Å². The molecule has 0 radical (unpaired) electrons. The molecule has 0 aromatic heterocycles. The molecule has 0 bridgehead atoms. The standard InChI is InChI=1S/C14H16O2/c1-11(2)13-9-7-12(8-10-13)5-4-6-14(15)16-3/h7-11H,6H2,1-3H3. The highest BCUT2D eigenvalue weighted by Gasteiger charge is 1.97. The number of esters is 1. The van der Waals surface area contributed by atoms with Gasteiger partial charge < -0.3 is 4.74 Å². The minimum absolute atomic E-state index is 0.141. The van der Waals surface area contributed by atoms with Crippen molar-refractivity contribution in [2.75, 3.05) is 7.11 Å². The maximum absolute atomic E-state index is 10.8. The SMILES string of the molecule is COC(=O)CC#Cc1ccc(C(C)C)cc1. The number of hydrogen-bond acceptors (Lipinski definition) is 2. The van der Waals surface area contributed by atoms with E-state index in [1.54, 1.807) is 0 Å². The summed E-state index contributed by atoms with van der Waals surface area (Å²) in [5, 5.41) is 0. The summed E-state index contributed by atoms with van der Waals surface area (Å²) in [6.45, 7) is 4.30. The summed E-state index contributed by atoms with van der Waals surface area (Å²) in [6, 6.07) is 8.07. The number of rotatable bonds is 2. The number of carbonyl (C=O) groups excluding carboxylic acids is 1. The Balaban J connectivity index is 2.65. The minimum Gasteiger partial charge on any atom is -0.468 e. The zero-order valence-electron chi connectivity index (χ0n) is 9.91. The van der Waals surface area contributed by atoms with Crippen molar-refractivity contribution < 1.29 is 9.53 Å². The number of hydrogen-bond donors (Lipinski definition) is 0. The van der Waals surface area contributed by atoms with Crippen LogP contribution in [0.2, 0.25) is 0 Å². The predicted molar refractivity (Wildman–Crippen MR) is 64.0 cm³/mol. The smallest absolute Gasteiger partial charge is 0.317 e. The fourth-order valence-corrected chi connectivity index (χ4v) is 1.24. The zero-order valence-corrected chi connectivity index (χ0v) is 9.91. The molecule has 1 aromatic carbocycles. The Labute approximate surface area is 96.6 Å². The van der Waals surface area contributed by atoms with Crippen LogP contribution in [0.4, 0.5) is 0 Å². The average Bonchev–Trinajstić information content (AvgIpc) is 2.29. The molecule has 0 saturated carbocycles. The van der Waals surface area contributed by atoms with Crippen molar-refractivity contribution in [3.8, 4) is 11.8 Å². The summed E-state index contributed by atoms with van der Waals surface area (Å²) >= 11 is 0. The van der Waals surface area contributed by atoms with E-state index in [1.807, 2.05) is 12.1 Å². The van der Waals surface area contributed by atoms with Crippen LogP contribution in [-0.4, -0.2) is 13.1 Å². The van der Waals surface area contributed by atoms with Gasteiger partial charge in [0.1, 0.15) is 6.42 Å². The van der Waals surface area contributed by atoms with Gasteiger partial charge in [-0.2, -0.15) is 0 Å². The highest BCUT2D eigenvalue weighted by molar-refractivity contribution is 5.72. The van der Waals surface area contributed by atoms with Crippen molar-refractivity contribution >= 4 is 5.97 Å². The van der Waals surface area contributed by atoms with E-state index in [-0.39, 0.29) is 12.4 Å². The molecule has 0 aliphatic rings. The second kappa shape index (κ2) is 5.97. The highest BCUT2D eigenvalue weighted by Crippen LogP contribution is 2.14. The lowest BCUT2D eigenvalue weighted by molar-refractivity contribution is -0.139. The quantitative estimate of drug-likeness (QED) is 0.561. The molecule has 0 amide bonds. The summed E-state index contributed by atoms with van der Waals surface area (Å²) in [7, 11) is 1.36. The van der Waals surface area contributed by atoms with Crippen LogP contribution in [0, 0.1) is 11.8 Å². The van der Waals surface area contributed by atoms with Crippen LogP contribution >= 0.6 is 0 Å². The molecular weight excluding hydrogens is 200 g/mol. The fraction of sp³-hybridized carbons (Fsp3) is 0.357. The first-order valence-electron chi connectivity index (χ1n) is 5.29. The van der Waals surface area contributed by atoms with Crippen molar-refractivity contribution in [1.29, 1.82) is 0 Å². The van der Waals surface area contributed by atoms with E-state index in [0.29, 0.717) is 5.92 Å². The first kappa shape index (κ1) is 12.3.